The van der Waals surface area contributed by atoms with E-state index in [2.05, 4.69) is 10.3 Å². The van der Waals surface area contributed by atoms with Crippen LogP contribution in [0.25, 0.3) is 11.6 Å². The van der Waals surface area contributed by atoms with Crippen LogP contribution in [0.4, 0.5) is 5.00 Å². The molecule has 2 aromatic rings. The molecule has 1 atom stereocenters. The molecule has 1 saturated heterocycles. The van der Waals surface area contributed by atoms with Crippen LogP contribution < -0.4 is 5.32 Å². The molecule has 3 N–H and O–H groups in total. The highest BCUT2D eigenvalue weighted by molar-refractivity contribution is 7.18. The summed E-state index contributed by atoms with van der Waals surface area (Å²) in [7, 11) is 0. The Bertz CT molecular complexity index is 822. The topological polar surface area (TPSA) is 85.4 Å². The van der Waals surface area contributed by atoms with Gasteiger partial charge in [-0.1, -0.05) is 0 Å². The molecule has 0 bridgehead atoms. The van der Waals surface area contributed by atoms with Gasteiger partial charge in [0, 0.05) is 24.0 Å². The van der Waals surface area contributed by atoms with Gasteiger partial charge in [0.25, 0.3) is 11.8 Å². The largest absolute Gasteiger partial charge is 0.394 e. The summed E-state index contributed by atoms with van der Waals surface area (Å²) < 4.78 is 0. The first kappa shape index (κ1) is 15.2. The number of fused-ring (bicyclic) bond motifs is 1. The lowest BCUT2D eigenvalue weighted by Crippen LogP contribution is -2.37. The number of H-pyrrole nitrogens is 1. The maximum atomic E-state index is 12.7. The van der Waals surface area contributed by atoms with Gasteiger partial charge in [0.2, 0.25) is 0 Å². The van der Waals surface area contributed by atoms with E-state index in [0.717, 1.165) is 24.1 Å². The van der Waals surface area contributed by atoms with Crippen molar-refractivity contribution < 1.29 is 14.7 Å². The lowest BCUT2D eigenvalue weighted by atomic mass is 10.1. The highest BCUT2D eigenvalue weighted by Crippen LogP contribution is 2.40. The average molecular weight is 343 g/mol. The number of hydrogen-bond donors (Lipinski definition) is 3. The van der Waals surface area contributed by atoms with E-state index in [-0.39, 0.29) is 24.5 Å². The fourth-order valence-corrected chi connectivity index (χ4v) is 4.27. The van der Waals surface area contributed by atoms with Crippen molar-refractivity contribution >= 4 is 39.8 Å². The van der Waals surface area contributed by atoms with Gasteiger partial charge in [0.15, 0.2) is 0 Å². The van der Waals surface area contributed by atoms with Crippen molar-refractivity contribution in [2.75, 3.05) is 18.5 Å². The fraction of sp³-hybridized carbons (Fsp3) is 0.294. The van der Waals surface area contributed by atoms with Crippen LogP contribution in [0.5, 0.6) is 0 Å². The molecular formula is C17H17N3O3S. The Kier molecular flexibility index (Phi) is 3.74. The Morgan fingerprint density at radius 2 is 2.38 bits per heavy atom. The number of nitrogens with one attached hydrogen (secondary N) is 2. The minimum Gasteiger partial charge on any atom is -0.394 e. The van der Waals surface area contributed by atoms with Crippen LogP contribution in [-0.4, -0.2) is 46.0 Å². The number of hydrogen-bond acceptors (Lipinski definition) is 4. The molecule has 2 amide bonds. The van der Waals surface area contributed by atoms with Crippen molar-refractivity contribution in [1.29, 1.82) is 0 Å². The number of carbonyl (C=O) groups is 2. The van der Waals surface area contributed by atoms with Gasteiger partial charge in [-0.3, -0.25) is 9.59 Å². The molecule has 124 valence electrons. The highest BCUT2D eigenvalue weighted by Gasteiger charge is 2.33. The Hall–Kier alpha value is -2.38. The monoisotopic (exact) mass is 343 g/mol. The van der Waals surface area contributed by atoms with Gasteiger partial charge in [-0.15, -0.1) is 11.3 Å². The van der Waals surface area contributed by atoms with E-state index < -0.39 is 0 Å². The van der Waals surface area contributed by atoms with Gasteiger partial charge >= 0.3 is 0 Å². The number of amides is 2. The van der Waals surface area contributed by atoms with Gasteiger partial charge < -0.3 is 20.3 Å². The number of carbonyl (C=O) groups excluding carboxylic acids is 2. The number of aliphatic hydroxyl groups excluding tert-OH is 1. The second-order valence-electron chi connectivity index (χ2n) is 5.97. The molecule has 0 aromatic carbocycles. The molecule has 7 heteroatoms. The van der Waals surface area contributed by atoms with E-state index >= 15 is 0 Å². The predicted octanol–water partition coefficient (Wildman–Crippen LogP) is 2.17. The van der Waals surface area contributed by atoms with E-state index in [4.69, 9.17) is 0 Å². The van der Waals surface area contributed by atoms with Gasteiger partial charge in [-0.25, -0.2) is 0 Å². The number of aromatic nitrogens is 1. The number of nitrogens with zero attached hydrogens (tertiary/aromatic N) is 1. The minimum atomic E-state index is -0.153. The van der Waals surface area contributed by atoms with Crippen LogP contribution in [0, 0.1) is 0 Å². The third-order valence-electron chi connectivity index (χ3n) is 4.48. The highest BCUT2D eigenvalue weighted by atomic mass is 32.1. The molecule has 1 fully saturated rings. The van der Waals surface area contributed by atoms with Gasteiger partial charge in [0.05, 0.1) is 23.1 Å². The van der Waals surface area contributed by atoms with E-state index in [9.17, 15) is 14.7 Å². The van der Waals surface area contributed by atoms with Crippen molar-refractivity contribution in [3.8, 4) is 0 Å². The van der Waals surface area contributed by atoms with Crippen molar-refractivity contribution in [3.63, 3.8) is 0 Å². The molecule has 0 aliphatic carbocycles. The molecular weight excluding hydrogens is 326 g/mol. The quantitative estimate of drug-likeness (QED) is 0.747. The van der Waals surface area contributed by atoms with E-state index in [0.29, 0.717) is 22.0 Å². The van der Waals surface area contributed by atoms with Crippen LogP contribution in [-0.2, 0) is 4.79 Å². The lowest BCUT2D eigenvalue weighted by molar-refractivity contribution is -0.110. The number of aliphatic hydroxyl groups is 1. The Labute approximate surface area is 142 Å². The zero-order valence-electron chi connectivity index (χ0n) is 12.9. The van der Waals surface area contributed by atoms with Crippen LogP contribution in [0.15, 0.2) is 24.4 Å². The SMILES string of the molecule is O=C1Nc2sc(C(=O)N3CCC[C@@H]3CO)cc2C1=Cc1ccc[nH]1. The summed E-state index contributed by atoms with van der Waals surface area (Å²) in [6.45, 7) is 0.662. The molecule has 24 heavy (non-hydrogen) atoms. The predicted molar refractivity (Wildman–Crippen MR) is 92.8 cm³/mol. The van der Waals surface area contributed by atoms with Crippen LogP contribution >= 0.6 is 11.3 Å². The molecule has 4 heterocycles. The van der Waals surface area contributed by atoms with E-state index in [1.54, 1.807) is 23.2 Å². The van der Waals surface area contributed by atoms with Gasteiger partial charge in [-0.05, 0) is 37.1 Å². The zero-order valence-corrected chi connectivity index (χ0v) is 13.7. The van der Waals surface area contributed by atoms with Crippen LogP contribution in [0.1, 0.15) is 33.8 Å². The first-order chi connectivity index (χ1) is 11.7. The summed E-state index contributed by atoms with van der Waals surface area (Å²) in [6.07, 6.45) is 5.33. The molecule has 6 nitrogen and oxygen atoms in total. The summed E-state index contributed by atoms with van der Waals surface area (Å²) in [5, 5.41) is 12.9. The first-order valence-electron chi connectivity index (χ1n) is 7.90. The smallest absolute Gasteiger partial charge is 0.264 e. The summed E-state index contributed by atoms with van der Waals surface area (Å²) in [5.74, 6) is -0.223. The number of anilines is 1. The molecule has 2 aromatic heterocycles. The normalized spacial score (nSPS) is 21.4. The molecule has 2 aliphatic heterocycles. The maximum Gasteiger partial charge on any atom is 0.264 e. The van der Waals surface area contributed by atoms with Crippen LogP contribution in [0.3, 0.4) is 0 Å². The summed E-state index contributed by atoms with van der Waals surface area (Å²) in [4.78, 5) is 30.2. The standard InChI is InChI=1S/C17H17N3O3S/c21-9-11-4-2-6-20(11)17(23)14-8-13-12(7-10-3-1-5-18-10)15(22)19-16(13)24-14/h1,3,5,7-8,11,18,21H,2,4,6,9H2,(H,19,22)/t11-/m1/s1. The number of likely N-dealkylation sites (tertiary alicyclic amines) is 1. The van der Waals surface area contributed by atoms with Gasteiger partial charge in [-0.2, -0.15) is 0 Å². The fourth-order valence-electron chi connectivity index (χ4n) is 3.25. The summed E-state index contributed by atoms with van der Waals surface area (Å²) in [5.41, 5.74) is 2.16. The van der Waals surface area contributed by atoms with E-state index in [1.807, 2.05) is 12.1 Å². The number of thiophene rings is 1. The molecule has 0 spiro atoms. The Morgan fingerprint density at radius 1 is 1.50 bits per heavy atom. The summed E-state index contributed by atoms with van der Waals surface area (Å²) in [6, 6.07) is 5.43. The van der Waals surface area contributed by atoms with Crippen molar-refractivity contribution in [3.05, 3.63) is 40.5 Å². The third-order valence-corrected chi connectivity index (χ3v) is 5.51. The lowest BCUT2D eigenvalue weighted by Gasteiger charge is -2.22. The average Bonchev–Trinajstić information content (AvgIpc) is 3.33. The van der Waals surface area contributed by atoms with Crippen molar-refractivity contribution in [2.24, 2.45) is 0 Å². The molecule has 0 radical (unpaired) electrons. The van der Waals surface area contributed by atoms with Crippen LogP contribution in [0.2, 0.25) is 0 Å². The second-order valence-corrected chi connectivity index (χ2v) is 7.02. The number of aromatic amines is 1. The molecule has 4 rings (SSSR count). The Morgan fingerprint density at radius 3 is 3.12 bits per heavy atom. The zero-order chi connectivity index (χ0) is 16.7. The molecule has 0 unspecified atom stereocenters. The van der Waals surface area contributed by atoms with Crippen molar-refractivity contribution in [2.45, 2.75) is 18.9 Å². The molecule has 2 aliphatic rings. The summed E-state index contributed by atoms with van der Waals surface area (Å²) >= 11 is 1.29. The van der Waals surface area contributed by atoms with Crippen molar-refractivity contribution in [1.82, 2.24) is 9.88 Å². The van der Waals surface area contributed by atoms with Gasteiger partial charge in [0.1, 0.15) is 5.00 Å². The Balaban J connectivity index is 1.65. The van der Waals surface area contributed by atoms with E-state index in [1.165, 1.54) is 11.3 Å². The number of rotatable bonds is 3. The second kappa shape index (κ2) is 5.92. The third kappa shape index (κ3) is 2.46. The maximum absolute atomic E-state index is 12.7. The molecule has 0 saturated carbocycles. The minimum absolute atomic E-state index is 0.00839. The first-order valence-corrected chi connectivity index (χ1v) is 8.71.